The van der Waals surface area contributed by atoms with Crippen molar-refractivity contribution in [2.24, 2.45) is 0 Å². The number of nitrogens with zero attached hydrogens (tertiary/aromatic N) is 1. The molecule has 0 amide bonds. The summed E-state index contributed by atoms with van der Waals surface area (Å²) in [5, 5.41) is 10.2. The predicted octanol–water partition coefficient (Wildman–Crippen LogP) is 1.13. The van der Waals surface area contributed by atoms with Crippen LogP contribution in [0.3, 0.4) is 0 Å². The van der Waals surface area contributed by atoms with E-state index in [4.69, 9.17) is 9.29 Å². The summed E-state index contributed by atoms with van der Waals surface area (Å²) < 4.78 is 34.3. The number of nitrogens with one attached hydrogen (secondary N) is 2. The summed E-state index contributed by atoms with van der Waals surface area (Å²) in [5.41, 5.74) is 2.43. The molecule has 0 radical (unpaired) electrons. The second kappa shape index (κ2) is 6.81. The van der Waals surface area contributed by atoms with Crippen molar-refractivity contribution in [3.63, 3.8) is 0 Å². The lowest BCUT2D eigenvalue weighted by atomic mass is 10.2. The van der Waals surface area contributed by atoms with Crippen LogP contribution >= 0.6 is 0 Å². The maximum atomic E-state index is 10.4. The topological polar surface area (TPSA) is 104 Å². The van der Waals surface area contributed by atoms with Gasteiger partial charge in [0, 0.05) is 19.2 Å². The molecule has 0 unspecified atom stereocenters. The van der Waals surface area contributed by atoms with Crippen molar-refractivity contribution in [3.05, 3.63) is 47.8 Å². The Labute approximate surface area is 123 Å². The van der Waals surface area contributed by atoms with Crippen LogP contribution in [0, 0.1) is 0 Å². The molecule has 8 heteroatoms. The lowest BCUT2D eigenvalue weighted by Crippen LogP contribution is -2.17. The normalized spacial score (nSPS) is 17.0. The van der Waals surface area contributed by atoms with Crippen molar-refractivity contribution in [2.45, 2.75) is 17.5 Å². The van der Waals surface area contributed by atoms with E-state index >= 15 is 0 Å². The van der Waals surface area contributed by atoms with Gasteiger partial charge in [-0.2, -0.15) is 13.5 Å². The number of fused-ring (bicyclic) bond motifs is 1. The van der Waals surface area contributed by atoms with E-state index in [2.05, 4.69) is 15.5 Å². The minimum atomic E-state index is -4.00. The molecule has 0 bridgehead atoms. The van der Waals surface area contributed by atoms with Crippen LogP contribution in [0.25, 0.3) is 0 Å². The van der Waals surface area contributed by atoms with E-state index in [9.17, 15) is 8.42 Å². The van der Waals surface area contributed by atoms with Gasteiger partial charge in [0.15, 0.2) is 0 Å². The molecule has 3 N–H and O–H groups in total. The van der Waals surface area contributed by atoms with E-state index < -0.39 is 10.1 Å². The molecule has 0 saturated carbocycles. The lowest BCUT2D eigenvalue weighted by molar-refractivity contribution is 0.171. The standard InChI is InChI=1S/C7H11N3O.C6H6O3S/c1-11-4-7-5-2-9-10-6(5)3-8-7;7-10(8,9)6-4-2-1-3-5-6/h2,7-8H,3-4H2,1H3,(H,9,10);1-5H,(H,7,8,9)/t7-;/m0./s1. The second-order valence-corrected chi connectivity index (χ2v) is 5.90. The molecule has 1 aliphatic rings. The first-order chi connectivity index (χ1) is 10.0. The van der Waals surface area contributed by atoms with Gasteiger partial charge in [0.2, 0.25) is 0 Å². The number of hydrogen-bond acceptors (Lipinski definition) is 5. The Kier molecular flexibility index (Phi) is 5.07. The van der Waals surface area contributed by atoms with Crippen LogP contribution in [0.5, 0.6) is 0 Å². The molecule has 0 fully saturated rings. The summed E-state index contributed by atoms with van der Waals surface area (Å²) in [6.45, 7) is 1.59. The van der Waals surface area contributed by atoms with Crippen molar-refractivity contribution >= 4 is 10.1 Å². The fourth-order valence-electron chi connectivity index (χ4n) is 2.01. The Hall–Kier alpha value is -1.74. The highest BCUT2D eigenvalue weighted by molar-refractivity contribution is 7.85. The van der Waals surface area contributed by atoms with Gasteiger partial charge in [0.1, 0.15) is 0 Å². The Morgan fingerprint density at radius 1 is 1.38 bits per heavy atom. The molecular weight excluding hydrogens is 294 g/mol. The highest BCUT2D eigenvalue weighted by Crippen LogP contribution is 2.22. The number of aromatic nitrogens is 2. The van der Waals surface area contributed by atoms with E-state index in [1.807, 2.05) is 6.20 Å². The van der Waals surface area contributed by atoms with Gasteiger partial charge in [-0.15, -0.1) is 0 Å². The van der Waals surface area contributed by atoms with Gasteiger partial charge in [0.25, 0.3) is 10.1 Å². The lowest BCUT2D eigenvalue weighted by Gasteiger charge is -2.07. The predicted molar refractivity (Wildman–Crippen MR) is 76.3 cm³/mol. The molecule has 0 aliphatic carbocycles. The van der Waals surface area contributed by atoms with Crippen molar-refractivity contribution < 1.29 is 17.7 Å². The number of benzene rings is 1. The maximum absolute atomic E-state index is 10.4. The van der Waals surface area contributed by atoms with E-state index in [0.717, 1.165) is 6.54 Å². The molecule has 0 saturated heterocycles. The Morgan fingerprint density at radius 3 is 2.67 bits per heavy atom. The molecule has 7 nitrogen and oxygen atoms in total. The van der Waals surface area contributed by atoms with Gasteiger partial charge in [-0.25, -0.2) is 0 Å². The smallest absolute Gasteiger partial charge is 0.294 e. The van der Waals surface area contributed by atoms with Crippen molar-refractivity contribution in [2.75, 3.05) is 13.7 Å². The fraction of sp³-hybridized carbons (Fsp3) is 0.308. The van der Waals surface area contributed by atoms with E-state index in [1.165, 1.54) is 23.4 Å². The zero-order valence-corrected chi connectivity index (χ0v) is 12.3. The molecule has 2 aromatic rings. The summed E-state index contributed by atoms with van der Waals surface area (Å²) in [6, 6.07) is 7.75. The largest absolute Gasteiger partial charge is 0.383 e. The van der Waals surface area contributed by atoms with Crippen molar-refractivity contribution in [3.8, 4) is 0 Å². The molecule has 1 aliphatic heterocycles. The van der Waals surface area contributed by atoms with Crippen LogP contribution in [0.1, 0.15) is 17.3 Å². The zero-order chi connectivity index (χ0) is 15.3. The van der Waals surface area contributed by atoms with E-state index in [1.54, 1.807) is 25.3 Å². The van der Waals surface area contributed by atoms with Crippen molar-refractivity contribution in [1.82, 2.24) is 15.5 Å². The first-order valence-electron chi connectivity index (χ1n) is 6.29. The fourth-order valence-corrected chi connectivity index (χ4v) is 2.51. The zero-order valence-electron chi connectivity index (χ0n) is 11.5. The molecule has 1 aromatic heterocycles. The van der Waals surface area contributed by atoms with Gasteiger partial charge >= 0.3 is 0 Å². The summed E-state index contributed by atoms with van der Waals surface area (Å²) in [6.07, 6.45) is 1.86. The molecule has 21 heavy (non-hydrogen) atoms. The molecule has 0 spiro atoms. The highest BCUT2D eigenvalue weighted by Gasteiger charge is 2.22. The van der Waals surface area contributed by atoms with E-state index in [-0.39, 0.29) is 4.90 Å². The SMILES string of the molecule is COC[C@@H]1NCc2[nH]ncc21.O=S(=O)(O)c1ccccc1. The minimum Gasteiger partial charge on any atom is -0.383 e. The average Bonchev–Trinajstić information content (AvgIpc) is 3.05. The third-order valence-electron chi connectivity index (χ3n) is 3.03. The highest BCUT2D eigenvalue weighted by atomic mass is 32.2. The number of ether oxygens (including phenoxy) is 1. The van der Waals surface area contributed by atoms with Gasteiger partial charge in [-0.3, -0.25) is 9.65 Å². The Morgan fingerprint density at radius 2 is 2.10 bits per heavy atom. The summed E-state index contributed by atoms with van der Waals surface area (Å²) in [5.74, 6) is 0. The Balaban J connectivity index is 0.000000155. The molecule has 2 heterocycles. The monoisotopic (exact) mass is 311 g/mol. The molecule has 1 atom stereocenters. The third kappa shape index (κ3) is 4.11. The first-order valence-corrected chi connectivity index (χ1v) is 7.73. The summed E-state index contributed by atoms with van der Waals surface area (Å²) >= 11 is 0. The number of aromatic amines is 1. The van der Waals surface area contributed by atoms with Crippen LogP contribution in [-0.4, -0.2) is 36.9 Å². The quantitative estimate of drug-likeness (QED) is 0.734. The number of rotatable bonds is 3. The summed E-state index contributed by atoms with van der Waals surface area (Å²) in [4.78, 5) is -0.0741. The number of H-pyrrole nitrogens is 1. The van der Waals surface area contributed by atoms with Gasteiger partial charge in [0.05, 0.1) is 29.4 Å². The Bertz CT molecular complexity index is 670. The summed E-state index contributed by atoms with van der Waals surface area (Å²) in [7, 11) is -2.29. The maximum Gasteiger partial charge on any atom is 0.294 e. The number of methoxy groups -OCH3 is 1. The van der Waals surface area contributed by atoms with Gasteiger partial charge in [-0.1, -0.05) is 18.2 Å². The van der Waals surface area contributed by atoms with Gasteiger partial charge < -0.3 is 10.1 Å². The van der Waals surface area contributed by atoms with Crippen LogP contribution in [0.4, 0.5) is 0 Å². The molecule has 3 rings (SSSR count). The van der Waals surface area contributed by atoms with Crippen LogP contribution in [-0.2, 0) is 21.4 Å². The second-order valence-electron chi connectivity index (χ2n) is 4.48. The number of hydrogen-bond donors (Lipinski definition) is 3. The van der Waals surface area contributed by atoms with E-state index in [0.29, 0.717) is 12.6 Å². The first kappa shape index (κ1) is 15.6. The molecule has 1 aromatic carbocycles. The van der Waals surface area contributed by atoms with Crippen LogP contribution in [0.2, 0.25) is 0 Å². The minimum absolute atomic E-state index is 0.0741. The average molecular weight is 311 g/mol. The molecular formula is C13H17N3O4S. The van der Waals surface area contributed by atoms with Gasteiger partial charge in [-0.05, 0) is 12.1 Å². The molecule has 114 valence electrons. The van der Waals surface area contributed by atoms with Crippen LogP contribution in [0.15, 0.2) is 41.4 Å². The van der Waals surface area contributed by atoms with Crippen molar-refractivity contribution in [1.29, 1.82) is 0 Å². The van der Waals surface area contributed by atoms with Crippen LogP contribution < -0.4 is 5.32 Å². The third-order valence-corrected chi connectivity index (χ3v) is 3.89.